The summed E-state index contributed by atoms with van der Waals surface area (Å²) in [4.78, 5) is 33.6. The third-order valence-corrected chi connectivity index (χ3v) is 6.87. The minimum atomic E-state index is -0.915. The standard InChI is InChI=1S/C29H40N8O3/c1-36(2)26-20-25(32-21-33-26)35-24(29(38)39)13-17-37(18-19-40-27-10-3-5-14-30-27)16-6-4-9-23-12-11-22-8-7-15-31-28(22)34-23/h3,5,10-12,14,20-21,24H,4,6-9,13,15-19H2,1-2H3,(H,31,34)(H,38,39)(H,32,33,35). The summed E-state index contributed by atoms with van der Waals surface area (Å²) in [5.41, 5.74) is 2.41. The molecule has 4 heterocycles. The molecule has 0 saturated heterocycles. The summed E-state index contributed by atoms with van der Waals surface area (Å²) in [6.45, 7) is 3.56. The second-order valence-corrected chi connectivity index (χ2v) is 10.1. The Kier molecular flexibility index (Phi) is 10.9. The van der Waals surface area contributed by atoms with E-state index in [1.54, 1.807) is 12.3 Å². The molecule has 1 unspecified atom stereocenters. The molecule has 0 spiro atoms. The quantitative estimate of drug-likeness (QED) is 0.228. The Bertz CT molecular complexity index is 1210. The number of anilines is 3. The van der Waals surface area contributed by atoms with Gasteiger partial charge in [0.2, 0.25) is 5.88 Å². The van der Waals surface area contributed by atoms with E-state index in [-0.39, 0.29) is 0 Å². The Morgan fingerprint density at radius 2 is 2.02 bits per heavy atom. The van der Waals surface area contributed by atoms with Gasteiger partial charge in [-0.05, 0) is 62.8 Å². The van der Waals surface area contributed by atoms with E-state index >= 15 is 0 Å². The van der Waals surface area contributed by atoms with Crippen LogP contribution < -0.4 is 20.3 Å². The number of nitrogens with zero attached hydrogens (tertiary/aromatic N) is 6. The van der Waals surface area contributed by atoms with E-state index in [4.69, 9.17) is 9.72 Å². The first-order valence-electron chi connectivity index (χ1n) is 14.0. The zero-order chi connectivity index (χ0) is 28.2. The number of ether oxygens (including phenoxy) is 1. The van der Waals surface area contributed by atoms with E-state index in [2.05, 4.69) is 42.6 Å². The third kappa shape index (κ3) is 9.04. The highest BCUT2D eigenvalue weighted by atomic mass is 16.5. The lowest BCUT2D eigenvalue weighted by atomic mass is 10.1. The molecule has 0 bridgehead atoms. The predicted molar refractivity (Wildman–Crippen MR) is 156 cm³/mol. The van der Waals surface area contributed by atoms with Crippen molar-refractivity contribution in [2.45, 2.75) is 44.6 Å². The minimum absolute atomic E-state index is 0.415. The fourth-order valence-corrected chi connectivity index (χ4v) is 4.61. The topological polar surface area (TPSA) is 129 Å². The molecule has 3 aromatic heterocycles. The Hall–Kier alpha value is -3.99. The van der Waals surface area contributed by atoms with Crippen LogP contribution in [0.15, 0.2) is 48.9 Å². The molecule has 11 nitrogen and oxygen atoms in total. The largest absolute Gasteiger partial charge is 0.480 e. The second-order valence-electron chi connectivity index (χ2n) is 10.1. The maximum Gasteiger partial charge on any atom is 0.326 e. The van der Waals surface area contributed by atoms with Crippen molar-refractivity contribution in [2.75, 3.05) is 62.4 Å². The smallest absolute Gasteiger partial charge is 0.326 e. The molecular formula is C29H40N8O3. The number of aromatic nitrogens is 4. The number of hydrogen-bond donors (Lipinski definition) is 3. The highest BCUT2D eigenvalue weighted by Gasteiger charge is 2.20. The number of nitrogens with one attached hydrogen (secondary N) is 2. The molecule has 0 aliphatic carbocycles. The molecule has 0 fully saturated rings. The Morgan fingerprint density at radius 1 is 1.12 bits per heavy atom. The van der Waals surface area contributed by atoms with Crippen LogP contribution >= 0.6 is 0 Å². The van der Waals surface area contributed by atoms with Gasteiger partial charge in [0, 0.05) is 57.8 Å². The number of carbonyl (C=O) groups is 1. The van der Waals surface area contributed by atoms with Crippen LogP contribution in [0.5, 0.6) is 5.88 Å². The number of carboxylic acids is 1. The zero-order valence-corrected chi connectivity index (χ0v) is 23.4. The van der Waals surface area contributed by atoms with Crippen LogP contribution in [0.2, 0.25) is 0 Å². The normalized spacial score (nSPS) is 13.3. The van der Waals surface area contributed by atoms with Crippen LogP contribution in [0.1, 0.15) is 36.9 Å². The van der Waals surface area contributed by atoms with Gasteiger partial charge in [0.15, 0.2) is 0 Å². The van der Waals surface area contributed by atoms with Gasteiger partial charge >= 0.3 is 5.97 Å². The zero-order valence-electron chi connectivity index (χ0n) is 23.4. The van der Waals surface area contributed by atoms with Gasteiger partial charge in [0.05, 0.1) is 0 Å². The second kappa shape index (κ2) is 15.0. The number of hydrogen-bond acceptors (Lipinski definition) is 10. The molecule has 1 aliphatic rings. The van der Waals surface area contributed by atoms with Gasteiger partial charge in [-0.2, -0.15) is 0 Å². The number of fused-ring (bicyclic) bond motifs is 1. The molecule has 1 aliphatic heterocycles. The first kappa shape index (κ1) is 29.0. The van der Waals surface area contributed by atoms with Crippen LogP contribution in [-0.4, -0.2) is 88.8 Å². The summed E-state index contributed by atoms with van der Waals surface area (Å²) in [6, 6.07) is 10.9. The van der Waals surface area contributed by atoms with Crippen molar-refractivity contribution in [1.82, 2.24) is 24.8 Å². The van der Waals surface area contributed by atoms with Crippen molar-refractivity contribution >= 4 is 23.4 Å². The summed E-state index contributed by atoms with van der Waals surface area (Å²) >= 11 is 0. The number of carboxylic acid groups (broad SMARTS) is 1. The first-order chi connectivity index (χ1) is 19.5. The molecule has 0 saturated carbocycles. The maximum absolute atomic E-state index is 12.1. The summed E-state index contributed by atoms with van der Waals surface area (Å²) < 4.78 is 5.83. The fraction of sp³-hybridized carbons (Fsp3) is 0.483. The van der Waals surface area contributed by atoms with E-state index < -0.39 is 12.0 Å². The monoisotopic (exact) mass is 548 g/mol. The molecule has 3 N–H and O–H groups in total. The molecule has 0 aromatic carbocycles. The van der Waals surface area contributed by atoms with Gasteiger partial charge in [-0.25, -0.2) is 24.7 Å². The molecule has 4 rings (SSSR count). The van der Waals surface area contributed by atoms with Crippen molar-refractivity contribution in [1.29, 1.82) is 0 Å². The maximum atomic E-state index is 12.1. The van der Waals surface area contributed by atoms with Crippen molar-refractivity contribution in [3.05, 3.63) is 60.2 Å². The van der Waals surface area contributed by atoms with E-state index in [1.165, 1.54) is 11.9 Å². The van der Waals surface area contributed by atoms with Crippen LogP contribution in [0, 0.1) is 0 Å². The Morgan fingerprint density at radius 3 is 2.83 bits per heavy atom. The average Bonchev–Trinajstić information content (AvgIpc) is 2.97. The predicted octanol–water partition coefficient (Wildman–Crippen LogP) is 3.35. The Labute approximate surface area is 236 Å². The molecule has 3 aromatic rings. The van der Waals surface area contributed by atoms with E-state index in [9.17, 15) is 9.90 Å². The summed E-state index contributed by atoms with van der Waals surface area (Å²) in [5.74, 6) is 1.90. The van der Waals surface area contributed by atoms with Gasteiger partial charge in [-0.3, -0.25) is 4.90 Å². The number of unbranched alkanes of at least 4 members (excludes halogenated alkanes) is 1. The van der Waals surface area contributed by atoms with Crippen LogP contribution in [0.25, 0.3) is 0 Å². The lowest BCUT2D eigenvalue weighted by molar-refractivity contribution is -0.138. The molecule has 0 radical (unpaired) electrons. The van der Waals surface area contributed by atoms with Crippen molar-refractivity contribution in [3.63, 3.8) is 0 Å². The number of aryl methyl sites for hydroxylation is 2. The summed E-state index contributed by atoms with van der Waals surface area (Å²) in [5, 5.41) is 16.4. The summed E-state index contributed by atoms with van der Waals surface area (Å²) in [7, 11) is 3.76. The van der Waals surface area contributed by atoms with Gasteiger partial charge < -0.3 is 25.4 Å². The van der Waals surface area contributed by atoms with Crippen molar-refractivity contribution < 1.29 is 14.6 Å². The highest BCUT2D eigenvalue weighted by molar-refractivity contribution is 5.77. The van der Waals surface area contributed by atoms with Crippen molar-refractivity contribution in [2.24, 2.45) is 0 Å². The molecule has 1 atom stereocenters. The fourth-order valence-electron chi connectivity index (χ4n) is 4.61. The molecule has 0 amide bonds. The lowest BCUT2D eigenvalue weighted by Crippen LogP contribution is -2.37. The molecule has 40 heavy (non-hydrogen) atoms. The number of rotatable bonds is 16. The van der Waals surface area contributed by atoms with Gasteiger partial charge in [-0.15, -0.1) is 0 Å². The first-order valence-corrected chi connectivity index (χ1v) is 14.0. The molecule has 11 heteroatoms. The Balaban J connectivity index is 1.31. The lowest BCUT2D eigenvalue weighted by Gasteiger charge is -2.24. The van der Waals surface area contributed by atoms with Crippen molar-refractivity contribution in [3.8, 4) is 5.88 Å². The SMILES string of the molecule is CN(C)c1cc(NC(CCN(CCCCc2ccc3c(n2)NCCC3)CCOc2ccccn2)C(=O)O)ncn1. The minimum Gasteiger partial charge on any atom is -0.480 e. The highest BCUT2D eigenvalue weighted by Crippen LogP contribution is 2.20. The number of aliphatic carboxylic acids is 1. The summed E-state index contributed by atoms with van der Waals surface area (Å²) in [6.07, 6.45) is 8.68. The van der Waals surface area contributed by atoms with Gasteiger partial charge in [0.25, 0.3) is 0 Å². The van der Waals surface area contributed by atoms with Gasteiger partial charge in [-0.1, -0.05) is 12.1 Å². The van der Waals surface area contributed by atoms with Gasteiger partial charge in [0.1, 0.15) is 36.4 Å². The van der Waals surface area contributed by atoms with E-state index in [0.29, 0.717) is 43.6 Å². The third-order valence-electron chi connectivity index (χ3n) is 6.87. The van der Waals surface area contributed by atoms with Crippen LogP contribution in [-0.2, 0) is 17.6 Å². The molecular weight excluding hydrogens is 508 g/mol. The molecule has 214 valence electrons. The number of pyridine rings is 2. The average molecular weight is 549 g/mol. The van der Waals surface area contributed by atoms with Crippen LogP contribution in [0.3, 0.4) is 0 Å². The van der Waals surface area contributed by atoms with E-state index in [1.807, 2.05) is 37.2 Å². The van der Waals surface area contributed by atoms with Crippen LogP contribution in [0.4, 0.5) is 17.5 Å². The van der Waals surface area contributed by atoms with E-state index in [0.717, 1.165) is 56.7 Å².